The Morgan fingerprint density at radius 3 is 2.29 bits per heavy atom. The van der Waals surface area contributed by atoms with E-state index in [2.05, 4.69) is 26.1 Å². The summed E-state index contributed by atoms with van der Waals surface area (Å²) in [6.07, 6.45) is 0.915. The summed E-state index contributed by atoms with van der Waals surface area (Å²) in [7, 11) is 0. The van der Waals surface area contributed by atoms with E-state index in [4.69, 9.17) is 27.9 Å². The maximum Gasteiger partial charge on any atom is 0.156 e. The third-order valence-electron chi connectivity index (χ3n) is 2.14. The lowest BCUT2D eigenvalue weighted by molar-refractivity contribution is 0.298. The van der Waals surface area contributed by atoms with Crippen LogP contribution in [0.2, 0.25) is 10.0 Å². The normalized spacial score (nSPS) is 11.6. The predicted molar refractivity (Wildman–Crippen MR) is 74.3 cm³/mol. The summed E-state index contributed by atoms with van der Waals surface area (Å²) in [4.78, 5) is 0. The predicted octanol–water partition coefficient (Wildman–Crippen LogP) is 4.15. The van der Waals surface area contributed by atoms with Gasteiger partial charge in [0, 0.05) is 5.54 Å². The minimum Gasteiger partial charge on any atom is -0.490 e. The molecular weight excluding hydrogens is 257 g/mol. The minimum atomic E-state index is 0.141. The van der Waals surface area contributed by atoms with Gasteiger partial charge in [0.25, 0.3) is 0 Å². The lowest BCUT2D eigenvalue weighted by Gasteiger charge is -2.20. The first-order chi connectivity index (χ1) is 7.90. The van der Waals surface area contributed by atoms with E-state index in [1.165, 1.54) is 0 Å². The molecule has 0 aromatic heterocycles. The van der Waals surface area contributed by atoms with Crippen molar-refractivity contribution in [1.82, 2.24) is 5.32 Å². The average Bonchev–Trinajstić information content (AvgIpc) is 2.20. The van der Waals surface area contributed by atoms with E-state index < -0.39 is 0 Å². The molecule has 0 radical (unpaired) electrons. The standard InChI is InChI=1S/C13H19Cl2NO/c1-13(2,3)16-8-5-9-17-12-10(14)6-4-7-11(12)15/h4,6-7,16H,5,8-9H2,1-3H3. The Bertz CT molecular complexity index is 341. The number of para-hydroxylation sites is 1. The summed E-state index contributed by atoms with van der Waals surface area (Å²) >= 11 is 12.0. The summed E-state index contributed by atoms with van der Waals surface area (Å²) in [5.41, 5.74) is 0.141. The van der Waals surface area contributed by atoms with Crippen LogP contribution in [-0.4, -0.2) is 18.7 Å². The van der Waals surface area contributed by atoms with Gasteiger partial charge in [-0.05, 0) is 45.9 Å². The number of halogens is 2. The first-order valence-corrected chi connectivity index (χ1v) is 6.47. The van der Waals surface area contributed by atoms with E-state index in [1.807, 2.05) is 0 Å². The van der Waals surface area contributed by atoms with Gasteiger partial charge in [-0.1, -0.05) is 29.3 Å². The second kappa shape index (κ2) is 6.48. The zero-order valence-corrected chi connectivity index (χ0v) is 12.0. The van der Waals surface area contributed by atoms with Crippen molar-refractivity contribution in [2.75, 3.05) is 13.2 Å². The van der Waals surface area contributed by atoms with Crippen LogP contribution >= 0.6 is 23.2 Å². The number of rotatable bonds is 5. The fourth-order valence-corrected chi connectivity index (χ4v) is 1.84. The van der Waals surface area contributed by atoms with Gasteiger partial charge in [0.05, 0.1) is 16.7 Å². The van der Waals surface area contributed by atoms with Crippen molar-refractivity contribution < 1.29 is 4.74 Å². The largest absolute Gasteiger partial charge is 0.490 e. The Balaban J connectivity index is 2.32. The Morgan fingerprint density at radius 1 is 1.18 bits per heavy atom. The maximum atomic E-state index is 5.99. The fraction of sp³-hybridized carbons (Fsp3) is 0.538. The van der Waals surface area contributed by atoms with Crippen molar-refractivity contribution in [3.63, 3.8) is 0 Å². The van der Waals surface area contributed by atoms with Crippen LogP contribution in [-0.2, 0) is 0 Å². The van der Waals surface area contributed by atoms with E-state index in [0.29, 0.717) is 22.4 Å². The lowest BCUT2D eigenvalue weighted by Crippen LogP contribution is -2.36. The summed E-state index contributed by atoms with van der Waals surface area (Å²) in [6, 6.07) is 5.35. The molecule has 1 rings (SSSR count). The van der Waals surface area contributed by atoms with Gasteiger partial charge in [0.2, 0.25) is 0 Å². The molecule has 2 nitrogen and oxygen atoms in total. The molecule has 0 amide bonds. The van der Waals surface area contributed by atoms with E-state index in [9.17, 15) is 0 Å². The highest BCUT2D eigenvalue weighted by Crippen LogP contribution is 2.32. The van der Waals surface area contributed by atoms with Crippen LogP contribution in [0.1, 0.15) is 27.2 Å². The molecule has 0 unspecified atom stereocenters. The Hall–Kier alpha value is -0.440. The SMILES string of the molecule is CC(C)(C)NCCCOc1c(Cl)cccc1Cl. The second-order valence-corrected chi connectivity index (χ2v) is 5.74. The number of benzene rings is 1. The van der Waals surface area contributed by atoms with E-state index in [0.717, 1.165) is 13.0 Å². The van der Waals surface area contributed by atoms with Crippen LogP contribution in [0.5, 0.6) is 5.75 Å². The van der Waals surface area contributed by atoms with Crippen molar-refractivity contribution in [1.29, 1.82) is 0 Å². The fourth-order valence-electron chi connectivity index (χ4n) is 1.33. The van der Waals surface area contributed by atoms with Gasteiger partial charge in [-0.2, -0.15) is 0 Å². The highest BCUT2D eigenvalue weighted by Gasteiger charge is 2.08. The molecule has 0 saturated carbocycles. The number of hydrogen-bond acceptors (Lipinski definition) is 2. The highest BCUT2D eigenvalue weighted by molar-refractivity contribution is 6.37. The molecule has 0 aliphatic carbocycles. The van der Waals surface area contributed by atoms with Crippen molar-refractivity contribution in [3.8, 4) is 5.75 Å². The van der Waals surface area contributed by atoms with E-state index in [1.54, 1.807) is 18.2 Å². The van der Waals surface area contributed by atoms with Crippen LogP contribution in [0.15, 0.2) is 18.2 Å². The molecule has 1 N–H and O–H groups in total. The lowest BCUT2D eigenvalue weighted by atomic mass is 10.1. The van der Waals surface area contributed by atoms with Crippen LogP contribution in [0, 0.1) is 0 Å². The number of nitrogens with one attached hydrogen (secondary N) is 1. The van der Waals surface area contributed by atoms with E-state index in [-0.39, 0.29) is 5.54 Å². The van der Waals surface area contributed by atoms with Gasteiger partial charge in [0.1, 0.15) is 0 Å². The van der Waals surface area contributed by atoms with Gasteiger partial charge in [-0.15, -0.1) is 0 Å². The topological polar surface area (TPSA) is 21.3 Å². The van der Waals surface area contributed by atoms with Gasteiger partial charge in [-0.3, -0.25) is 0 Å². The van der Waals surface area contributed by atoms with Gasteiger partial charge in [-0.25, -0.2) is 0 Å². The summed E-state index contributed by atoms with van der Waals surface area (Å²) < 4.78 is 5.58. The van der Waals surface area contributed by atoms with Crippen molar-refractivity contribution in [2.24, 2.45) is 0 Å². The Morgan fingerprint density at radius 2 is 1.76 bits per heavy atom. The molecule has 4 heteroatoms. The van der Waals surface area contributed by atoms with Crippen LogP contribution in [0.25, 0.3) is 0 Å². The molecule has 0 fully saturated rings. The van der Waals surface area contributed by atoms with Crippen LogP contribution in [0.3, 0.4) is 0 Å². The third kappa shape index (κ3) is 5.62. The van der Waals surface area contributed by atoms with Crippen molar-refractivity contribution >= 4 is 23.2 Å². The molecule has 17 heavy (non-hydrogen) atoms. The summed E-state index contributed by atoms with van der Waals surface area (Å²) in [5, 5.41) is 4.50. The summed E-state index contributed by atoms with van der Waals surface area (Å²) in [6.45, 7) is 7.93. The quantitative estimate of drug-likeness (QED) is 0.816. The molecule has 0 aliphatic rings. The zero-order chi connectivity index (χ0) is 12.9. The number of ether oxygens (including phenoxy) is 1. The van der Waals surface area contributed by atoms with Crippen LogP contribution in [0.4, 0.5) is 0 Å². The van der Waals surface area contributed by atoms with E-state index >= 15 is 0 Å². The van der Waals surface area contributed by atoms with Crippen molar-refractivity contribution in [3.05, 3.63) is 28.2 Å². The molecule has 0 atom stereocenters. The highest BCUT2D eigenvalue weighted by atomic mass is 35.5. The smallest absolute Gasteiger partial charge is 0.156 e. The third-order valence-corrected chi connectivity index (χ3v) is 2.74. The van der Waals surface area contributed by atoms with Gasteiger partial charge < -0.3 is 10.1 Å². The first kappa shape index (κ1) is 14.6. The second-order valence-electron chi connectivity index (χ2n) is 4.93. The molecule has 96 valence electrons. The molecule has 0 bridgehead atoms. The molecule has 0 spiro atoms. The molecule has 0 heterocycles. The zero-order valence-electron chi connectivity index (χ0n) is 10.5. The Labute approximate surface area is 113 Å². The molecular formula is C13H19Cl2NO. The molecule has 1 aromatic rings. The maximum absolute atomic E-state index is 5.99. The monoisotopic (exact) mass is 275 g/mol. The molecule has 0 saturated heterocycles. The van der Waals surface area contributed by atoms with Crippen molar-refractivity contribution in [2.45, 2.75) is 32.7 Å². The Kier molecular flexibility index (Phi) is 5.57. The molecule has 0 aliphatic heterocycles. The number of hydrogen-bond donors (Lipinski definition) is 1. The van der Waals surface area contributed by atoms with Crippen LogP contribution < -0.4 is 10.1 Å². The average molecular weight is 276 g/mol. The summed E-state index contributed by atoms with van der Waals surface area (Å²) in [5.74, 6) is 0.576. The van der Waals surface area contributed by atoms with Gasteiger partial charge >= 0.3 is 0 Å². The van der Waals surface area contributed by atoms with Gasteiger partial charge in [0.15, 0.2) is 5.75 Å². The first-order valence-electron chi connectivity index (χ1n) is 5.72. The minimum absolute atomic E-state index is 0.141. The molecule has 1 aromatic carbocycles.